The van der Waals surface area contributed by atoms with E-state index in [1.165, 1.54) is 0 Å². The lowest BCUT2D eigenvalue weighted by atomic mass is 10.1. The van der Waals surface area contributed by atoms with Crippen molar-refractivity contribution in [2.24, 2.45) is 0 Å². The third kappa shape index (κ3) is 4.07. The number of carbonyl (C=O) groups excluding carboxylic acids is 1. The van der Waals surface area contributed by atoms with Gasteiger partial charge in [0.15, 0.2) is 11.3 Å². The SMILES string of the molecule is CN1CCC(NC(=O)c2cc3nc(-c4ccccc4)cc(-c4ccccc4)n3n2)CC1. The van der Waals surface area contributed by atoms with Crippen LogP contribution in [0.2, 0.25) is 0 Å². The summed E-state index contributed by atoms with van der Waals surface area (Å²) < 4.78 is 1.77. The van der Waals surface area contributed by atoms with Crippen molar-refractivity contribution in [3.05, 3.63) is 78.5 Å². The highest BCUT2D eigenvalue weighted by Crippen LogP contribution is 2.26. The van der Waals surface area contributed by atoms with E-state index in [2.05, 4.69) is 22.4 Å². The number of hydrogen-bond acceptors (Lipinski definition) is 4. The molecule has 0 spiro atoms. The van der Waals surface area contributed by atoms with Crippen molar-refractivity contribution in [3.8, 4) is 22.5 Å². The number of piperidine rings is 1. The molecule has 0 saturated carbocycles. The minimum Gasteiger partial charge on any atom is -0.348 e. The monoisotopic (exact) mass is 411 g/mol. The van der Waals surface area contributed by atoms with Crippen LogP contribution in [0, 0.1) is 0 Å². The number of likely N-dealkylation sites (tertiary alicyclic amines) is 1. The van der Waals surface area contributed by atoms with Crippen molar-refractivity contribution in [1.82, 2.24) is 24.8 Å². The molecule has 1 N–H and O–H groups in total. The van der Waals surface area contributed by atoms with Crippen molar-refractivity contribution < 1.29 is 4.79 Å². The molecular formula is C25H25N5O. The maximum Gasteiger partial charge on any atom is 0.272 e. The molecule has 3 heterocycles. The van der Waals surface area contributed by atoms with E-state index in [-0.39, 0.29) is 11.9 Å². The Balaban J connectivity index is 1.54. The van der Waals surface area contributed by atoms with Crippen LogP contribution in [0.25, 0.3) is 28.2 Å². The summed E-state index contributed by atoms with van der Waals surface area (Å²) in [6.45, 7) is 1.99. The van der Waals surface area contributed by atoms with Gasteiger partial charge in [-0.1, -0.05) is 60.7 Å². The van der Waals surface area contributed by atoms with E-state index >= 15 is 0 Å². The summed E-state index contributed by atoms with van der Waals surface area (Å²) in [4.78, 5) is 20.0. The quantitative estimate of drug-likeness (QED) is 0.553. The molecule has 31 heavy (non-hydrogen) atoms. The number of fused-ring (bicyclic) bond motifs is 1. The van der Waals surface area contributed by atoms with Gasteiger partial charge in [0, 0.05) is 23.2 Å². The number of benzene rings is 2. The van der Waals surface area contributed by atoms with Crippen molar-refractivity contribution in [2.45, 2.75) is 18.9 Å². The zero-order valence-corrected chi connectivity index (χ0v) is 17.5. The zero-order chi connectivity index (χ0) is 21.2. The Morgan fingerprint density at radius 3 is 2.26 bits per heavy atom. The van der Waals surface area contributed by atoms with Crippen LogP contribution in [0.4, 0.5) is 0 Å². The summed E-state index contributed by atoms with van der Waals surface area (Å²) in [5.74, 6) is -0.139. The summed E-state index contributed by atoms with van der Waals surface area (Å²) in [6, 6.07) is 24.2. The summed E-state index contributed by atoms with van der Waals surface area (Å²) >= 11 is 0. The normalized spacial score (nSPS) is 15.3. The molecule has 0 aliphatic carbocycles. The second-order valence-electron chi connectivity index (χ2n) is 8.11. The van der Waals surface area contributed by atoms with Crippen molar-refractivity contribution in [2.75, 3.05) is 20.1 Å². The largest absolute Gasteiger partial charge is 0.348 e. The number of carbonyl (C=O) groups is 1. The zero-order valence-electron chi connectivity index (χ0n) is 17.5. The summed E-state index contributed by atoms with van der Waals surface area (Å²) in [5, 5.41) is 7.79. The van der Waals surface area contributed by atoms with Gasteiger partial charge in [-0.2, -0.15) is 5.10 Å². The highest BCUT2D eigenvalue weighted by Gasteiger charge is 2.21. The smallest absolute Gasteiger partial charge is 0.272 e. The van der Waals surface area contributed by atoms with Gasteiger partial charge in [-0.3, -0.25) is 4.79 Å². The number of nitrogens with one attached hydrogen (secondary N) is 1. The average molecular weight is 412 g/mol. The number of aromatic nitrogens is 3. The molecule has 4 aromatic rings. The highest BCUT2D eigenvalue weighted by molar-refractivity contribution is 5.93. The predicted molar refractivity (Wildman–Crippen MR) is 122 cm³/mol. The number of nitrogens with zero attached hydrogens (tertiary/aromatic N) is 4. The fraction of sp³-hybridized carbons (Fsp3) is 0.240. The third-order valence-corrected chi connectivity index (χ3v) is 5.85. The molecule has 6 nitrogen and oxygen atoms in total. The van der Waals surface area contributed by atoms with Crippen LogP contribution in [-0.4, -0.2) is 51.6 Å². The molecule has 1 aliphatic heterocycles. The molecule has 0 unspecified atom stereocenters. The molecule has 2 aromatic carbocycles. The predicted octanol–water partition coefficient (Wildman–Crippen LogP) is 3.89. The van der Waals surface area contributed by atoms with Crippen LogP contribution in [-0.2, 0) is 0 Å². The molecule has 1 fully saturated rings. The highest BCUT2D eigenvalue weighted by atomic mass is 16.2. The fourth-order valence-corrected chi connectivity index (χ4v) is 4.07. The standard InChI is InChI=1S/C25H25N5O/c1-29-14-12-20(13-15-29)26-25(31)22-17-24-27-21(18-8-4-2-5-9-18)16-23(30(24)28-22)19-10-6-3-7-11-19/h2-11,16-17,20H,12-15H2,1H3,(H,26,31). The Morgan fingerprint density at radius 1 is 0.935 bits per heavy atom. The first-order valence-electron chi connectivity index (χ1n) is 10.7. The van der Waals surface area contributed by atoms with Crippen LogP contribution in [0.5, 0.6) is 0 Å². The first-order valence-corrected chi connectivity index (χ1v) is 10.7. The van der Waals surface area contributed by atoms with Gasteiger partial charge >= 0.3 is 0 Å². The molecular weight excluding hydrogens is 386 g/mol. The maximum atomic E-state index is 12.9. The van der Waals surface area contributed by atoms with Gasteiger partial charge in [0.05, 0.1) is 11.4 Å². The van der Waals surface area contributed by atoms with E-state index in [4.69, 9.17) is 4.98 Å². The van der Waals surface area contributed by atoms with Crippen molar-refractivity contribution >= 4 is 11.6 Å². The number of hydrogen-bond donors (Lipinski definition) is 1. The molecule has 0 bridgehead atoms. The van der Waals surface area contributed by atoms with Crippen LogP contribution >= 0.6 is 0 Å². The van der Waals surface area contributed by atoms with Gasteiger partial charge in [0.25, 0.3) is 5.91 Å². The van der Waals surface area contributed by atoms with Crippen LogP contribution < -0.4 is 5.32 Å². The second-order valence-corrected chi connectivity index (χ2v) is 8.11. The Bertz CT molecular complexity index is 1190. The molecule has 5 rings (SSSR count). The average Bonchev–Trinajstić information content (AvgIpc) is 3.26. The topological polar surface area (TPSA) is 62.5 Å². The molecule has 1 aliphatic rings. The molecule has 1 amide bonds. The summed E-state index contributed by atoms with van der Waals surface area (Å²) in [7, 11) is 2.11. The Kier molecular flexibility index (Phi) is 5.22. The number of amides is 1. The molecule has 2 aromatic heterocycles. The van der Waals surface area contributed by atoms with Crippen molar-refractivity contribution in [3.63, 3.8) is 0 Å². The minimum absolute atomic E-state index is 0.139. The van der Waals surface area contributed by atoms with Crippen LogP contribution in [0.15, 0.2) is 72.8 Å². The lowest BCUT2D eigenvalue weighted by molar-refractivity contribution is 0.0911. The van der Waals surface area contributed by atoms with E-state index in [0.29, 0.717) is 11.3 Å². The van der Waals surface area contributed by atoms with Crippen LogP contribution in [0.3, 0.4) is 0 Å². The molecule has 6 heteroatoms. The maximum absolute atomic E-state index is 12.9. The van der Waals surface area contributed by atoms with Gasteiger partial charge in [-0.15, -0.1) is 0 Å². The Morgan fingerprint density at radius 2 is 1.58 bits per heavy atom. The molecule has 0 radical (unpaired) electrons. The molecule has 1 saturated heterocycles. The summed E-state index contributed by atoms with van der Waals surface area (Å²) in [6.07, 6.45) is 1.92. The van der Waals surface area contributed by atoms with E-state index in [1.807, 2.05) is 66.7 Å². The van der Waals surface area contributed by atoms with Crippen molar-refractivity contribution in [1.29, 1.82) is 0 Å². The van der Waals surface area contributed by atoms with Gasteiger partial charge in [-0.05, 0) is 39.0 Å². The van der Waals surface area contributed by atoms with E-state index in [0.717, 1.165) is 48.4 Å². The van der Waals surface area contributed by atoms with E-state index in [9.17, 15) is 4.79 Å². The van der Waals surface area contributed by atoms with E-state index in [1.54, 1.807) is 10.6 Å². The molecule has 0 atom stereocenters. The Hall–Kier alpha value is -3.51. The van der Waals surface area contributed by atoms with E-state index < -0.39 is 0 Å². The third-order valence-electron chi connectivity index (χ3n) is 5.85. The fourth-order valence-electron chi connectivity index (χ4n) is 4.07. The van der Waals surface area contributed by atoms with Crippen LogP contribution in [0.1, 0.15) is 23.3 Å². The van der Waals surface area contributed by atoms with Gasteiger partial charge in [0.2, 0.25) is 0 Å². The first kappa shape index (κ1) is 19.5. The van der Waals surface area contributed by atoms with Gasteiger partial charge in [-0.25, -0.2) is 9.50 Å². The van der Waals surface area contributed by atoms with Gasteiger partial charge < -0.3 is 10.2 Å². The lowest BCUT2D eigenvalue weighted by Gasteiger charge is -2.29. The van der Waals surface area contributed by atoms with Gasteiger partial charge in [0.1, 0.15) is 0 Å². The summed E-state index contributed by atoms with van der Waals surface area (Å²) in [5.41, 5.74) is 4.87. The second kappa shape index (κ2) is 8.32. The minimum atomic E-state index is -0.139. The number of rotatable bonds is 4. The lowest BCUT2D eigenvalue weighted by Crippen LogP contribution is -2.43. The Labute approximate surface area is 181 Å². The molecule has 156 valence electrons. The first-order chi connectivity index (χ1) is 15.2.